The molecule has 1 aliphatic rings. The average molecular weight is 398 g/mol. The number of fused-ring (bicyclic) bond motifs is 2. The molecule has 0 fully saturated rings. The van der Waals surface area contributed by atoms with Crippen molar-refractivity contribution in [3.63, 3.8) is 0 Å². The monoisotopic (exact) mass is 398 g/mol. The fourth-order valence-electron chi connectivity index (χ4n) is 3.00. The van der Waals surface area contributed by atoms with Crippen LogP contribution in [0.3, 0.4) is 0 Å². The van der Waals surface area contributed by atoms with E-state index >= 15 is 0 Å². The lowest BCUT2D eigenvalue weighted by molar-refractivity contribution is -0.141. The molecular weight excluding hydrogens is 380 g/mol. The van der Waals surface area contributed by atoms with Gasteiger partial charge in [-0.3, -0.25) is 9.59 Å². The van der Waals surface area contributed by atoms with Gasteiger partial charge < -0.3 is 18.8 Å². The van der Waals surface area contributed by atoms with E-state index in [-0.39, 0.29) is 6.54 Å². The molecule has 0 spiro atoms. The second kappa shape index (κ2) is 7.47. The van der Waals surface area contributed by atoms with Gasteiger partial charge in [-0.1, -0.05) is 35.6 Å². The fraction of sp³-hybridized carbons (Fsp3) is 0.250. The molecule has 28 heavy (non-hydrogen) atoms. The van der Waals surface area contributed by atoms with Gasteiger partial charge in [0.1, 0.15) is 12.6 Å². The maximum atomic E-state index is 12.9. The lowest BCUT2D eigenvalue weighted by Crippen LogP contribution is -2.43. The van der Waals surface area contributed by atoms with Crippen molar-refractivity contribution in [1.82, 2.24) is 4.57 Å². The van der Waals surface area contributed by atoms with Crippen molar-refractivity contribution in [3.8, 4) is 11.5 Å². The van der Waals surface area contributed by atoms with Crippen molar-refractivity contribution in [2.24, 2.45) is 4.99 Å². The van der Waals surface area contributed by atoms with Crippen molar-refractivity contribution in [1.29, 1.82) is 0 Å². The van der Waals surface area contributed by atoms with Crippen LogP contribution in [0.15, 0.2) is 53.5 Å². The number of methoxy groups -OCH3 is 1. The zero-order valence-electron chi connectivity index (χ0n) is 15.3. The van der Waals surface area contributed by atoms with E-state index in [9.17, 15) is 9.59 Å². The predicted molar refractivity (Wildman–Crippen MR) is 103 cm³/mol. The van der Waals surface area contributed by atoms with Crippen LogP contribution in [0, 0.1) is 0 Å². The van der Waals surface area contributed by atoms with Crippen molar-refractivity contribution in [3.05, 3.63) is 53.3 Å². The molecule has 3 aromatic rings. The molecule has 2 atom stereocenters. The molecule has 144 valence electrons. The highest BCUT2D eigenvalue weighted by molar-refractivity contribution is 7.16. The van der Waals surface area contributed by atoms with Gasteiger partial charge in [-0.15, -0.1) is 0 Å². The summed E-state index contributed by atoms with van der Waals surface area (Å²) in [6, 6.07) is 14.7. The predicted octanol–water partition coefficient (Wildman–Crippen LogP) is 2.53. The zero-order chi connectivity index (χ0) is 19.7. The largest absolute Gasteiger partial charge is 0.482 e. The van der Waals surface area contributed by atoms with Crippen molar-refractivity contribution >= 4 is 33.4 Å². The maximum absolute atomic E-state index is 12.9. The van der Waals surface area contributed by atoms with Gasteiger partial charge >= 0.3 is 5.97 Å². The van der Waals surface area contributed by atoms with Crippen LogP contribution < -0.4 is 14.3 Å². The van der Waals surface area contributed by atoms with Gasteiger partial charge in [-0.25, -0.2) is 0 Å². The molecule has 2 unspecified atom stereocenters. The quantitative estimate of drug-likeness (QED) is 0.634. The molecule has 0 aliphatic carbocycles. The third kappa shape index (κ3) is 3.38. The highest BCUT2D eigenvalue weighted by Crippen LogP contribution is 2.33. The Labute approximate surface area is 164 Å². The summed E-state index contributed by atoms with van der Waals surface area (Å²) in [4.78, 5) is 29.4. The highest BCUT2D eigenvalue weighted by Gasteiger charge is 2.34. The molecule has 0 saturated heterocycles. The van der Waals surface area contributed by atoms with Crippen LogP contribution in [0.4, 0.5) is 0 Å². The van der Waals surface area contributed by atoms with Crippen molar-refractivity contribution < 1.29 is 23.8 Å². The lowest BCUT2D eigenvalue weighted by Gasteiger charge is -2.29. The number of amides is 1. The molecule has 0 saturated carbocycles. The molecule has 8 heteroatoms. The SMILES string of the molecule is COC(=O)Cn1c(=NC(=O)C2Oc3ccccc3OC2C)sc2ccccc21. The third-order valence-corrected chi connectivity index (χ3v) is 5.45. The summed E-state index contributed by atoms with van der Waals surface area (Å²) in [6.45, 7) is 1.73. The topological polar surface area (TPSA) is 79.1 Å². The summed E-state index contributed by atoms with van der Waals surface area (Å²) in [5.74, 6) is 0.221. The highest BCUT2D eigenvalue weighted by atomic mass is 32.1. The number of benzene rings is 2. The minimum Gasteiger partial charge on any atom is -0.482 e. The molecule has 4 rings (SSSR count). The first-order chi connectivity index (χ1) is 13.6. The van der Waals surface area contributed by atoms with Crippen LogP contribution in [-0.4, -0.2) is 35.8 Å². The number of para-hydroxylation sites is 3. The van der Waals surface area contributed by atoms with Gasteiger partial charge in [0, 0.05) is 0 Å². The van der Waals surface area contributed by atoms with Gasteiger partial charge in [0.15, 0.2) is 16.3 Å². The first kappa shape index (κ1) is 18.2. The van der Waals surface area contributed by atoms with Gasteiger partial charge in [-0.2, -0.15) is 4.99 Å². The Balaban J connectivity index is 1.72. The number of carbonyl (C=O) groups excluding carboxylic acids is 2. The first-order valence-corrected chi connectivity index (χ1v) is 9.54. The standard InChI is InChI=1S/C20H18N2O5S/c1-12-18(27-15-9-5-4-8-14(15)26-12)19(24)21-20-22(11-17(23)25-2)13-7-3-6-10-16(13)28-20/h3-10,12,18H,11H2,1-2H3. The molecule has 0 radical (unpaired) electrons. The molecule has 1 aliphatic heterocycles. The minimum absolute atomic E-state index is 0.0347. The molecule has 2 aromatic carbocycles. The number of carbonyl (C=O) groups is 2. The molecule has 0 N–H and O–H groups in total. The summed E-state index contributed by atoms with van der Waals surface area (Å²) >= 11 is 1.33. The Bertz CT molecular complexity index is 1120. The van der Waals surface area contributed by atoms with Crippen LogP contribution in [0.1, 0.15) is 6.92 Å². The number of aromatic nitrogens is 1. The van der Waals surface area contributed by atoms with E-state index in [0.717, 1.165) is 10.2 Å². The van der Waals surface area contributed by atoms with Crippen LogP contribution in [0.5, 0.6) is 11.5 Å². The lowest BCUT2D eigenvalue weighted by atomic mass is 10.1. The van der Waals surface area contributed by atoms with Crippen molar-refractivity contribution in [2.45, 2.75) is 25.7 Å². The van der Waals surface area contributed by atoms with E-state index in [1.165, 1.54) is 18.4 Å². The van der Waals surface area contributed by atoms with E-state index in [4.69, 9.17) is 14.2 Å². The Morgan fingerprint density at radius 2 is 1.79 bits per heavy atom. The number of rotatable bonds is 3. The number of nitrogens with zero attached hydrogens (tertiary/aromatic N) is 2. The van der Waals surface area contributed by atoms with Gasteiger partial charge in [0.25, 0.3) is 5.91 Å². The summed E-state index contributed by atoms with van der Waals surface area (Å²) in [5, 5.41) is 0. The summed E-state index contributed by atoms with van der Waals surface area (Å²) in [5.41, 5.74) is 0.809. The number of hydrogen-bond acceptors (Lipinski definition) is 6. The number of thiazole rings is 1. The van der Waals surface area contributed by atoms with E-state index in [0.29, 0.717) is 16.3 Å². The third-order valence-electron chi connectivity index (χ3n) is 4.39. The number of hydrogen-bond donors (Lipinski definition) is 0. The Morgan fingerprint density at radius 3 is 2.54 bits per heavy atom. The summed E-state index contributed by atoms with van der Waals surface area (Å²) in [7, 11) is 1.33. The molecule has 0 bridgehead atoms. The summed E-state index contributed by atoms with van der Waals surface area (Å²) < 4.78 is 19.0. The Hall–Kier alpha value is -3.13. The van der Waals surface area contributed by atoms with E-state index in [1.807, 2.05) is 36.4 Å². The smallest absolute Gasteiger partial charge is 0.325 e. The second-order valence-corrected chi connectivity index (χ2v) is 7.28. The minimum atomic E-state index is -0.869. The van der Waals surface area contributed by atoms with Gasteiger partial charge in [-0.05, 0) is 31.2 Å². The number of esters is 1. The Kier molecular flexibility index (Phi) is 4.87. The molecular formula is C20H18N2O5S. The molecule has 2 heterocycles. The van der Waals surface area contributed by atoms with Crippen LogP contribution in [0.2, 0.25) is 0 Å². The molecule has 7 nitrogen and oxygen atoms in total. The Morgan fingerprint density at radius 1 is 1.11 bits per heavy atom. The van der Waals surface area contributed by atoms with Crippen molar-refractivity contribution in [2.75, 3.05) is 7.11 Å². The zero-order valence-corrected chi connectivity index (χ0v) is 16.1. The average Bonchev–Trinajstić information content (AvgIpc) is 3.04. The van der Waals surface area contributed by atoms with Crippen LogP contribution in [0.25, 0.3) is 10.2 Å². The molecule has 1 amide bonds. The summed E-state index contributed by atoms with van der Waals surface area (Å²) in [6.07, 6.45) is -1.36. The second-order valence-electron chi connectivity index (χ2n) is 6.27. The van der Waals surface area contributed by atoms with Crippen LogP contribution >= 0.6 is 11.3 Å². The van der Waals surface area contributed by atoms with E-state index in [2.05, 4.69) is 4.99 Å². The van der Waals surface area contributed by atoms with Gasteiger partial charge in [0.05, 0.1) is 17.3 Å². The maximum Gasteiger partial charge on any atom is 0.325 e. The van der Waals surface area contributed by atoms with E-state index in [1.54, 1.807) is 23.6 Å². The van der Waals surface area contributed by atoms with Gasteiger partial charge in [0.2, 0.25) is 6.10 Å². The first-order valence-electron chi connectivity index (χ1n) is 8.73. The molecule has 1 aromatic heterocycles. The normalized spacial score (nSPS) is 18.9. The fourth-order valence-corrected chi connectivity index (χ4v) is 4.04. The number of ether oxygens (including phenoxy) is 3. The van der Waals surface area contributed by atoms with E-state index < -0.39 is 24.1 Å². The van der Waals surface area contributed by atoms with Crippen LogP contribution in [-0.2, 0) is 20.9 Å².